The lowest BCUT2D eigenvalue weighted by Crippen LogP contribution is -2.21. The molecule has 0 amide bonds. The number of ether oxygens (including phenoxy) is 1. The van der Waals surface area contributed by atoms with E-state index in [2.05, 4.69) is 46.5 Å². The molecule has 1 N–H and O–H groups in total. The summed E-state index contributed by atoms with van der Waals surface area (Å²) >= 11 is 3.71. The average Bonchev–Trinajstić information content (AvgIpc) is 2.85. The molecule has 1 aromatic carbocycles. The van der Waals surface area contributed by atoms with Gasteiger partial charge in [-0.15, -0.1) is 0 Å². The third-order valence-corrected chi connectivity index (χ3v) is 5.47. The molecule has 3 atom stereocenters. The normalized spacial score (nSPS) is 29.9. The SMILES string of the molecule is CCOc1ccc(C(NC)C2C3CCCC32)c(Br)c1. The number of benzene rings is 1. The van der Waals surface area contributed by atoms with Crippen molar-refractivity contribution >= 4 is 15.9 Å². The minimum absolute atomic E-state index is 0.486. The number of halogens is 1. The van der Waals surface area contributed by atoms with Crippen LogP contribution < -0.4 is 10.1 Å². The maximum Gasteiger partial charge on any atom is 0.120 e. The Hall–Kier alpha value is -0.540. The summed E-state index contributed by atoms with van der Waals surface area (Å²) in [6.07, 6.45) is 4.30. The molecule has 0 aliphatic heterocycles. The van der Waals surface area contributed by atoms with Crippen LogP contribution in [0.2, 0.25) is 0 Å². The third-order valence-electron chi connectivity index (χ3n) is 4.79. The maximum atomic E-state index is 5.56. The molecule has 3 rings (SSSR count). The number of rotatable bonds is 5. The molecule has 104 valence electrons. The summed E-state index contributed by atoms with van der Waals surface area (Å²) in [4.78, 5) is 0. The fraction of sp³-hybridized carbons (Fsp3) is 0.625. The van der Waals surface area contributed by atoms with Gasteiger partial charge in [-0.05, 0) is 62.3 Å². The van der Waals surface area contributed by atoms with Crippen LogP contribution in [0.5, 0.6) is 5.75 Å². The Balaban J connectivity index is 1.80. The predicted molar refractivity (Wildman–Crippen MR) is 81.4 cm³/mol. The zero-order valence-electron chi connectivity index (χ0n) is 11.7. The minimum Gasteiger partial charge on any atom is -0.494 e. The van der Waals surface area contributed by atoms with Crippen LogP contribution in [0.15, 0.2) is 22.7 Å². The molecule has 0 saturated heterocycles. The van der Waals surface area contributed by atoms with Crippen molar-refractivity contribution in [2.75, 3.05) is 13.7 Å². The lowest BCUT2D eigenvalue weighted by molar-refractivity contribution is 0.339. The van der Waals surface area contributed by atoms with Gasteiger partial charge in [-0.25, -0.2) is 0 Å². The van der Waals surface area contributed by atoms with Gasteiger partial charge in [-0.2, -0.15) is 0 Å². The Bertz CT molecular complexity index is 452. The standard InChI is InChI=1S/C16H22BrNO/c1-3-19-10-7-8-13(14(17)9-10)16(18-2)15-11-5-4-6-12(11)15/h7-9,11-12,15-16,18H,3-6H2,1-2H3. The molecule has 19 heavy (non-hydrogen) atoms. The van der Waals surface area contributed by atoms with Gasteiger partial charge in [0.15, 0.2) is 0 Å². The maximum absolute atomic E-state index is 5.56. The van der Waals surface area contributed by atoms with Gasteiger partial charge in [0.2, 0.25) is 0 Å². The van der Waals surface area contributed by atoms with Gasteiger partial charge in [0, 0.05) is 10.5 Å². The quantitative estimate of drug-likeness (QED) is 0.878. The monoisotopic (exact) mass is 323 g/mol. The highest BCUT2D eigenvalue weighted by atomic mass is 79.9. The molecule has 3 unspecified atom stereocenters. The van der Waals surface area contributed by atoms with Crippen molar-refractivity contribution in [1.82, 2.24) is 5.32 Å². The Morgan fingerprint density at radius 3 is 2.68 bits per heavy atom. The number of hydrogen-bond acceptors (Lipinski definition) is 2. The van der Waals surface area contributed by atoms with Crippen molar-refractivity contribution in [3.63, 3.8) is 0 Å². The summed E-state index contributed by atoms with van der Waals surface area (Å²) in [5.41, 5.74) is 1.38. The van der Waals surface area contributed by atoms with Crippen LogP contribution in [0.3, 0.4) is 0 Å². The highest BCUT2D eigenvalue weighted by Gasteiger charge is 2.55. The molecule has 0 spiro atoms. The van der Waals surface area contributed by atoms with Crippen molar-refractivity contribution in [3.8, 4) is 5.75 Å². The largest absolute Gasteiger partial charge is 0.494 e. The molecule has 2 fully saturated rings. The Morgan fingerprint density at radius 2 is 2.11 bits per heavy atom. The molecule has 0 aromatic heterocycles. The van der Waals surface area contributed by atoms with Crippen LogP contribution in [0.4, 0.5) is 0 Å². The van der Waals surface area contributed by atoms with E-state index in [0.717, 1.165) is 23.5 Å². The van der Waals surface area contributed by atoms with Gasteiger partial charge in [-0.3, -0.25) is 0 Å². The summed E-state index contributed by atoms with van der Waals surface area (Å²) in [6.45, 7) is 2.73. The summed E-state index contributed by atoms with van der Waals surface area (Å²) < 4.78 is 6.72. The van der Waals surface area contributed by atoms with Crippen LogP contribution in [0.25, 0.3) is 0 Å². The molecule has 2 saturated carbocycles. The van der Waals surface area contributed by atoms with Crippen molar-refractivity contribution in [2.45, 2.75) is 32.2 Å². The zero-order valence-corrected chi connectivity index (χ0v) is 13.2. The van der Waals surface area contributed by atoms with Gasteiger partial charge in [0.25, 0.3) is 0 Å². The lowest BCUT2D eigenvalue weighted by atomic mass is 9.97. The Kier molecular flexibility index (Phi) is 3.86. The first-order valence-electron chi connectivity index (χ1n) is 7.35. The van der Waals surface area contributed by atoms with E-state index in [4.69, 9.17) is 4.74 Å². The predicted octanol–water partition coefficient (Wildman–Crippen LogP) is 4.15. The van der Waals surface area contributed by atoms with Gasteiger partial charge in [0.05, 0.1) is 6.61 Å². The van der Waals surface area contributed by atoms with Crippen LogP contribution >= 0.6 is 15.9 Å². The molecule has 0 radical (unpaired) electrons. The molecular weight excluding hydrogens is 302 g/mol. The topological polar surface area (TPSA) is 21.3 Å². The molecule has 0 heterocycles. The summed E-state index contributed by atoms with van der Waals surface area (Å²) in [7, 11) is 2.08. The highest BCUT2D eigenvalue weighted by Crippen LogP contribution is 2.62. The third kappa shape index (κ3) is 2.43. The van der Waals surface area contributed by atoms with E-state index in [1.165, 1.54) is 29.3 Å². The molecule has 2 nitrogen and oxygen atoms in total. The molecule has 0 bridgehead atoms. The number of nitrogens with one attached hydrogen (secondary N) is 1. The summed E-state index contributed by atoms with van der Waals surface area (Å²) in [5, 5.41) is 3.53. The Labute approximate surface area is 124 Å². The van der Waals surface area contributed by atoms with E-state index >= 15 is 0 Å². The van der Waals surface area contributed by atoms with Gasteiger partial charge in [-0.1, -0.05) is 28.4 Å². The fourth-order valence-electron chi connectivity index (χ4n) is 3.94. The molecule has 2 aliphatic rings. The zero-order chi connectivity index (χ0) is 13.4. The molecule has 2 aliphatic carbocycles. The number of fused-ring (bicyclic) bond motifs is 1. The second kappa shape index (κ2) is 5.45. The molecule has 3 heteroatoms. The lowest BCUT2D eigenvalue weighted by Gasteiger charge is -2.20. The minimum atomic E-state index is 0.486. The first-order valence-corrected chi connectivity index (χ1v) is 8.15. The smallest absolute Gasteiger partial charge is 0.120 e. The highest BCUT2D eigenvalue weighted by molar-refractivity contribution is 9.10. The first kappa shape index (κ1) is 13.4. The molecular formula is C16H22BrNO. The summed E-state index contributed by atoms with van der Waals surface area (Å²) in [5.74, 6) is 3.73. The van der Waals surface area contributed by atoms with Gasteiger partial charge in [0.1, 0.15) is 5.75 Å². The van der Waals surface area contributed by atoms with E-state index < -0.39 is 0 Å². The number of hydrogen-bond donors (Lipinski definition) is 1. The van der Waals surface area contributed by atoms with Crippen LogP contribution in [0, 0.1) is 17.8 Å². The van der Waals surface area contributed by atoms with Crippen LogP contribution in [-0.2, 0) is 0 Å². The fourth-order valence-corrected chi connectivity index (χ4v) is 4.55. The van der Waals surface area contributed by atoms with Crippen molar-refractivity contribution in [2.24, 2.45) is 17.8 Å². The van der Waals surface area contributed by atoms with Crippen molar-refractivity contribution < 1.29 is 4.74 Å². The second-order valence-electron chi connectivity index (χ2n) is 5.72. The van der Waals surface area contributed by atoms with Crippen molar-refractivity contribution in [1.29, 1.82) is 0 Å². The van der Waals surface area contributed by atoms with E-state index in [-0.39, 0.29) is 0 Å². The second-order valence-corrected chi connectivity index (χ2v) is 6.57. The average molecular weight is 324 g/mol. The van der Waals surface area contributed by atoms with Crippen molar-refractivity contribution in [3.05, 3.63) is 28.2 Å². The van der Waals surface area contributed by atoms with E-state index in [0.29, 0.717) is 12.6 Å². The van der Waals surface area contributed by atoms with E-state index in [9.17, 15) is 0 Å². The van der Waals surface area contributed by atoms with Crippen LogP contribution in [0.1, 0.15) is 37.8 Å². The van der Waals surface area contributed by atoms with E-state index in [1.54, 1.807) is 0 Å². The Morgan fingerprint density at radius 1 is 1.37 bits per heavy atom. The van der Waals surface area contributed by atoms with Gasteiger partial charge < -0.3 is 10.1 Å². The molecule has 1 aromatic rings. The summed E-state index contributed by atoms with van der Waals surface area (Å²) in [6, 6.07) is 6.89. The van der Waals surface area contributed by atoms with E-state index in [1.807, 2.05) is 6.92 Å². The first-order chi connectivity index (χ1) is 9.26. The van der Waals surface area contributed by atoms with Gasteiger partial charge >= 0.3 is 0 Å². The van der Waals surface area contributed by atoms with Crippen LogP contribution in [-0.4, -0.2) is 13.7 Å².